The Morgan fingerprint density at radius 1 is 1.08 bits per heavy atom. The molecule has 1 atom stereocenters. The zero-order valence-corrected chi connectivity index (χ0v) is 20.8. The van der Waals surface area contributed by atoms with Crippen LogP contribution in [-0.2, 0) is 0 Å². The predicted molar refractivity (Wildman–Crippen MR) is 140 cm³/mol. The van der Waals surface area contributed by atoms with Crippen molar-refractivity contribution in [1.82, 2.24) is 14.7 Å². The molecule has 0 spiro atoms. The van der Waals surface area contributed by atoms with E-state index in [0.29, 0.717) is 31.1 Å². The molecule has 0 saturated carbocycles. The molecule has 3 aromatic carbocycles. The van der Waals surface area contributed by atoms with E-state index in [1.54, 1.807) is 11.3 Å². The highest BCUT2D eigenvalue weighted by Crippen LogP contribution is 2.33. The van der Waals surface area contributed by atoms with Gasteiger partial charge in [0, 0.05) is 17.3 Å². The quantitative estimate of drug-likeness (QED) is 0.316. The van der Waals surface area contributed by atoms with Crippen LogP contribution in [0.15, 0.2) is 66.9 Å². The van der Waals surface area contributed by atoms with E-state index < -0.39 is 0 Å². The fourth-order valence-electron chi connectivity index (χ4n) is 4.36. The van der Waals surface area contributed by atoms with Crippen molar-refractivity contribution in [2.75, 3.05) is 19.8 Å². The predicted octanol–water partition coefficient (Wildman–Crippen LogP) is 5.88. The van der Waals surface area contributed by atoms with Gasteiger partial charge in [-0.2, -0.15) is 0 Å². The van der Waals surface area contributed by atoms with E-state index in [4.69, 9.17) is 19.2 Å². The highest BCUT2D eigenvalue weighted by Gasteiger charge is 2.18. The maximum atomic E-state index is 13.0. The minimum atomic E-state index is -0.179. The molecule has 5 aromatic rings. The maximum Gasteiger partial charge on any atom is 0.251 e. The van der Waals surface area contributed by atoms with Crippen molar-refractivity contribution in [3.05, 3.63) is 78.0 Å². The number of aromatic nitrogens is 2. The number of imidazole rings is 1. The van der Waals surface area contributed by atoms with E-state index >= 15 is 0 Å². The summed E-state index contributed by atoms with van der Waals surface area (Å²) >= 11 is 1.57. The molecule has 1 N–H and O–H groups in total. The Morgan fingerprint density at radius 2 is 1.89 bits per heavy atom. The van der Waals surface area contributed by atoms with Crippen LogP contribution in [0.25, 0.3) is 26.4 Å². The van der Waals surface area contributed by atoms with Crippen molar-refractivity contribution in [2.45, 2.75) is 19.9 Å². The Labute approximate surface area is 212 Å². The third-order valence-electron chi connectivity index (χ3n) is 6.23. The van der Waals surface area contributed by atoms with Crippen LogP contribution in [0.1, 0.15) is 35.8 Å². The van der Waals surface area contributed by atoms with Crippen LogP contribution >= 0.6 is 11.3 Å². The lowest BCUT2D eigenvalue weighted by molar-refractivity contribution is 0.0940. The number of carbonyl (C=O) groups excluding carboxylic acids is 1. The molecule has 7 nitrogen and oxygen atoms in total. The number of hydrogen-bond donors (Lipinski definition) is 1. The first-order chi connectivity index (χ1) is 17.6. The standard InChI is InChI=1S/C28H25N3O4S/c1-3-33-21-8-4-18(5-9-21)22-16-31-23-10-6-20(15-26(23)36-28(31)30-22)27(32)29-17(2)19-7-11-24-25(14-19)35-13-12-34-24/h4-11,14-17H,3,12-13H2,1-2H3,(H,29,32). The minimum absolute atomic E-state index is 0.125. The minimum Gasteiger partial charge on any atom is -0.494 e. The number of ether oxygens (including phenoxy) is 3. The van der Waals surface area contributed by atoms with Crippen LogP contribution in [0.2, 0.25) is 0 Å². The zero-order chi connectivity index (χ0) is 24.6. The molecule has 1 amide bonds. The third kappa shape index (κ3) is 4.13. The topological polar surface area (TPSA) is 74.1 Å². The number of nitrogens with zero attached hydrogens (tertiary/aromatic N) is 2. The normalized spacial score (nSPS) is 13.6. The summed E-state index contributed by atoms with van der Waals surface area (Å²) in [6, 6.07) is 19.3. The maximum absolute atomic E-state index is 13.0. The fourth-order valence-corrected chi connectivity index (χ4v) is 5.41. The highest BCUT2D eigenvalue weighted by atomic mass is 32.1. The molecule has 0 aliphatic carbocycles. The number of fused-ring (bicyclic) bond motifs is 4. The Balaban J connectivity index is 1.21. The van der Waals surface area contributed by atoms with Crippen molar-refractivity contribution < 1.29 is 19.0 Å². The van der Waals surface area contributed by atoms with Crippen LogP contribution in [-0.4, -0.2) is 35.1 Å². The molecule has 2 aromatic heterocycles. The summed E-state index contributed by atoms with van der Waals surface area (Å²) in [4.78, 5) is 18.7. The first-order valence-electron chi connectivity index (χ1n) is 11.9. The van der Waals surface area contributed by atoms with Crippen LogP contribution in [0, 0.1) is 0 Å². The van der Waals surface area contributed by atoms with Gasteiger partial charge in [-0.05, 0) is 74.0 Å². The molecule has 0 fully saturated rings. The number of thiazole rings is 1. The van der Waals surface area contributed by atoms with Crippen LogP contribution in [0.4, 0.5) is 0 Å². The summed E-state index contributed by atoms with van der Waals surface area (Å²) in [6.07, 6.45) is 2.04. The van der Waals surface area contributed by atoms with E-state index in [2.05, 4.69) is 9.72 Å². The van der Waals surface area contributed by atoms with Gasteiger partial charge in [0.2, 0.25) is 0 Å². The van der Waals surface area contributed by atoms with E-state index in [9.17, 15) is 4.79 Å². The summed E-state index contributed by atoms with van der Waals surface area (Å²) in [5.41, 5.74) is 4.54. The SMILES string of the molecule is CCOc1ccc(-c2cn3c(n2)sc2cc(C(=O)NC(C)c4ccc5c(c4)OCCO5)ccc23)cc1. The van der Waals surface area contributed by atoms with Crippen molar-refractivity contribution in [3.8, 4) is 28.5 Å². The van der Waals surface area contributed by atoms with Gasteiger partial charge in [0.25, 0.3) is 5.91 Å². The Bertz CT molecular complexity index is 1570. The van der Waals surface area contributed by atoms with E-state index in [1.807, 2.05) is 80.7 Å². The Morgan fingerprint density at radius 3 is 2.69 bits per heavy atom. The van der Waals surface area contributed by atoms with Gasteiger partial charge in [0.15, 0.2) is 16.5 Å². The molecule has 1 aliphatic rings. The second-order valence-corrected chi connectivity index (χ2v) is 9.63. The lowest BCUT2D eigenvalue weighted by atomic mass is 10.1. The van der Waals surface area contributed by atoms with Crippen molar-refractivity contribution in [3.63, 3.8) is 0 Å². The van der Waals surface area contributed by atoms with Gasteiger partial charge >= 0.3 is 0 Å². The monoisotopic (exact) mass is 499 g/mol. The fraction of sp³-hybridized carbons (Fsp3) is 0.214. The molecule has 0 bridgehead atoms. The van der Waals surface area contributed by atoms with Gasteiger partial charge in [-0.1, -0.05) is 17.4 Å². The molecule has 3 heterocycles. The molecule has 36 heavy (non-hydrogen) atoms. The number of nitrogens with one attached hydrogen (secondary N) is 1. The lowest BCUT2D eigenvalue weighted by Crippen LogP contribution is -2.26. The first-order valence-corrected chi connectivity index (χ1v) is 12.8. The first kappa shape index (κ1) is 22.4. The smallest absolute Gasteiger partial charge is 0.251 e. The summed E-state index contributed by atoms with van der Waals surface area (Å²) < 4.78 is 19.9. The zero-order valence-electron chi connectivity index (χ0n) is 20.0. The molecule has 6 rings (SSSR count). The van der Waals surface area contributed by atoms with Gasteiger partial charge in [-0.25, -0.2) is 4.98 Å². The number of hydrogen-bond acceptors (Lipinski definition) is 6. The van der Waals surface area contributed by atoms with Crippen molar-refractivity contribution >= 4 is 32.4 Å². The summed E-state index contributed by atoms with van der Waals surface area (Å²) in [5.74, 6) is 2.18. The summed E-state index contributed by atoms with van der Waals surface area (Å²) in [5, 5.41) is 3.09. The van der Waals surface area contributed by atoms with Gasteiger partial charge in [0.05, 0.1) is 28.6 Å². The Hall–Kier alpha value is -4.04. The largest absolute Gasteiger partial charge is 0.494 e. The third-order valence-corrected chi connectivity index (χ3v) is 7.25. The molecule has 8 heteroatoms. The Kier molecular flexibility index (Phi) is 5.73. The van der Waals surface area contributed by atoms with E-state index in [1.165, 1.54) is 0 Å². The molecule has 0 saturated heterocycles. The second kappa shape index (κ2) is 9.20. The van der Waals surface area contributed by atoms with E-state index in [-0.39, 0.29) is 11.9 Å². The molecular weight excluding hydrogens is 474 g/mol. The summed E-state index contributed by atoms with van der Waals surface area (Å²) in [7, 11) is 0. The number of rotatable bonds is 6. The molecule has 1 aliphatic heterocycles. The average molecular weight is 500 g/mol. The van der Waals surface area contributed by atoms with Crippen molar-refractivity contribution in [2.24, 2.45) is 0 Å². The van der Waals surface area contributed by atoms with Gasteiger partial charge in [-0.3, -0.25) is 9.20 Å². The highest BCUT2D eigenvalue weighted by molar-refractivity contribution is 7.23. The summed E-state index contributed by atoms with van der Waals surface area (Å²) in [6.45, 7) is 5.66. The van der Waals surface area contributed by atoms with Crippen molar-refractivity contribution in [1.29, 1.82) is 0 Å². The number of carbonyl (C=O) groups is 1. The van der Waals surface area contributed by atoms with Gasteiger partial charge in [0.1, 0.15) is 19.0 Å². The average Bonchev–Trinajstić information content (AvgIpc) is 3.47. The van der Waals surface area contributed by atoms with Gasteiger partial charge < -0.3 is 19.5 Å². The van der Waals surface area contributed by atoms with Crippen LogP contribution < -0.4 is 19.5 Å². The second-order valence-electron chi connectivity index (χ2n) is 8.62. The number of amides is 1. The lowest BCUT2D eigenvalue weighted by Gasteiger charge is -2.21. The van der Waals surface area contributed by atoms with Gasteiger partial charge in [-0.15, -0.1) is 0 Å². The molecule has 182 valence electrons. The van der Waals surface area contributed by atoms with E-state index in [0.717, 1.165) is 43.5 Å². The van der Waals surface area contributed by atoms with Crippen LogP contribution in [0.3, 0.4) is 0 Å². The molecule has 1 unspecified atom stereocenters. The molecule has 0 radical (unpaired) electrons. The molecular formula is C28H25N3O4S. The number of benzene rings is 3. The van der Waals surface area contributed by atoms with Crippen LogP contribution in [0.5, 0.6) is 17.2 Å².